The minimum absolute atomic E-state index is 0.130. The number of hydrogen-bond acceptors (Lipinski definition) is 5. The fraction of sp³-hybridized carbons (Fsp3) is 0.391. The van der Waals surface area contributed by atoms with Gasteiger partial charge in [0.25, 0.3) is 0 Å². The van der Waals surface area contributed by atoms with E-state index in [9.17, 15) is 4.79 Å². The molecule has 0 unspecified atom stereocenters. The van der Waals surface area contributed by atoms with Crippen LogP contribution in [0, 0.1) is 0 Å². The topological polar surface area (TPSA) is 71.0 Å². The highest BCUT2D eigenvalue weighted by atomic mass is 35.5. The minimum atomic E-state index is 0.130. The SMILES string of the molecule is CC1=CCCC=C1c1nc(Nc2cncc(N3CCCC3=O)c2)ncc1Cl.CCC. The van der Waals surface area contributed by atoms with Crippen LogP contribution in [0.25, 0.3) is 5.57 Å². The summed E-state index contributed by atoms with van der Waals surface area (Å²) in [6, 6.07) is 1.89. The molecule has 30 heavy (non-hydrogen) atoms. The van der Waals surface area contributed by atoms with Crippen LogP contribution in [-0.2, 0) is 4.79 Å². The fourth-order valence-electron chi connectivity index (χ4n) is 3.39. The maximum Gasteiger partial charge on any atom is 0.227 e. The van der Waals surface area contributed by atoms with Gasteiger partial charge in [0.1, 0.15) is 0 Å². The van der Waals surface area contributed by atoms with E-state index in [-0.39, 0.29) is 5.91 Å². The molecule has 1 aliphatic carbocycles. The molecule has 4 rings (SSSR count). The number of allylic oxidation sites excluding steroid dienone is 4. The summed E-state index contributed by atoms with van der Waals surface area (Å²) < 4.78 is 0. The number of amides is 1. The Hall–Kier alpha value is -2.73. The number of pyridine rings is 1. The van der Waals surface area contributed by atoms with Gasteiger partial charge in [0.05, 0.1) is 40.7 Å². The van der Waals surface area contributed by atoms with Crippen molar-refractivity contribution in [3.63, 3.8) is 0 Å². The van der Waals surface area contributed by atoms with Crippen LogP contribution in [0.5, 0.6) is 0 Å². The zero-order valence-corrected chi connectivity index (χ0v) is 18.5. The highest BCUT2D eigenvalue weighted by Gasteiger charge is 2.22. The largest absolute Gasteiger partial charge is 0.323 e. The van der Waals surface area contributed by atoms with Gasteiger partial charge in [-0.15, -0.1) is 0 Å². The number of hydrogen-bond donors (Lipinski definition) is 1. The number of nitrogens with zero attached hydrogens (tertiary/aromatic N) is 4. The number of halogens is 1. The molecule has 0 saturated carbocycles. The quantitative estimate of drug-likeness (QED) is 0.656. The van der Waals surface area contributed by atoms with Crippen LogP contribution in [0.2, 0.25) is 5.02 Å². The third-order valence-electron chi connectivity index (χ3n) is 4.75. The third kappa shape index (κ3) is 5.25. The Morgan fingerprint density at radius 2 is 1.93 bits per heavy atom. The van der Waals surface area contributed by atoms with E-state index < -0.39 is 0 Å². The third-order valence-corrected chi connectivity index (χ3v) is 5.03. The van der Waals surface area contributed by atoms with Crippen LogP contribution in [0.3, 0.4) is 0 Å². The average Bonchev–Trinajstić information content (AvgIpc) is 3.17. The van der Waals surface area contributed by atoms with Crippen LogP contribution in [0.4, 0.5) is 17.3 Å². The lowest BCUT2D eigenvalue weighted by Gasteiger charge is -2.17. The highest BCUT2D eigenvalue weighted by Crippen LogP contribution is 2.32. The van der Waals surface area contributed by atoms with Crippen molar-refractivity contribution in [2.45, 2.75) is 52.9 Å². The van der Waals surface area contributed by atoms with Crippen molar-refractivity contribution < 1.29 is 4.79 Å². The summed E-state index contributed by atoms with van der Waals surface area (Å²) in [5, 5.41) is 3.70. The molecular weight excluding hydrogens is 398 g/mol. The second kappa shape index (κ2) is 10.3. The van der Waals surface area contributed by atoms with Crippen LogP contribution < -0.4 is 10.2 Å². The van der Waals surface area contributed by atoms with Gasteiger partial charge in [-0.1, -0.05) is 44.0 Å². The maximum atomic E-state index is 12.0. The van der Waals surface area contributed by atoms with Crippen LogP contribution >= 0.6 is 11.6 Å². The van der Waals surface area contributed by atoms with Gasteiger partial charge in [0.15, 0.2) is 0 Å². The first-order valence-corrected chi connectivity index (χ1v) is 10.8. The van der Waals surface area contributed by atoms with E-state index in [4.69, 9.17) is 11.6 Å². The molecule has 0 bridgehead atoms. The molecule has 3 heterocycles. The van der Waals surface area contributed by atoms with E-state index in [1.807, 2.05) is 6.07 Å². The first kappa shape index (κ1) is 22.0. The molecule has 1 N–H and O–H groups in total. The van der Waals surface area contributed by atoms with E-state index in [1.54, 1.807) is 23.5 Å². The Bertz CT molecular complexity index is 970. The number of carbonyl (C=O) groups excluding carboxylic acids is 1. The Morgan fingerprint density at radius 1 is 1.17 bits per heavy atom. The first-order chi connectivity index (χ1) is 14.5. The molecular formula is C23H28ClN5O. The summed E-state index contributed by atoms with van der Waals surface area (Å²) in [5.74, 6) is 0.575. The van der Waals surface area contributed by atoms with Crippen molar-refractivity contribution in [2.75, 3.05) is 16.8 Å². The molecule has 0 radical (unpaired) electrons. The molecule has 7 heteroatoms. The van der Waals surface area contributed by atoms with Crippen molar-refractivity contribution >= 4 is 40.4 Å². The zero-order valence-electron chi connectivity index (χ0n) is 17.8. The second-order valence-corrected chi connectivity index (χ2v) is 7.79. The van der Waals surface area contributed by atoms with Gasteiger partial charge in [-0.3, -0.25) is 9.78 Å². The number of anilines is 3. The van der Waals surface area contributed by atoms with Gasteiger partial charge in [-0.25, -0.2) is 9.97 Å². The van der Waals surface area contributed by atoms with Crippen LogP contribution in [-0.4, -0.2) is 27.4 Å². The lowest BCUT2D eigenvalue weighted by atomic mass is 9.96. The standard InChI is InChI=1S/C20H20ClN5O.C3H8/c1-13-5-2-3-6-16(13)19-17(21)12-23-20(25-19)24-14-9-15(11-22-10-14)26-8-4-7-18(26)27;1-3-2/h5-6,9-12H,2-4,7-8H2,1H3,(H,23,24,25);3H2,1-2H3. The molecule has 1 amide bonds. The monoisotopic (exact) mass is 425 g/mol. The van der Waals surface area contributed by atoms with Gasteiger partial charge >= 0.3 is 0 Å². The van der Waals surface area contributed by atoms with Gasteiger partial charge in [-0.05, 0) is 37.8 Å². The molecule has 0 atom stereocenters. The number of rotatable bonds is 4. The summed E-state index contributed by atoms with van der Waals surface area (Å²) in [4.78, 5) is 26.9. The predicted octanol–water partition coefficient (Wildman–Crippen LogP) is 5.94. The van der Waals surface area contributed by atoms with Crippen molar-refractivity contribution in [3.05, 3.63) is 53.1 Å². The molecule has 1 saturated heterocycles. The molecule has 6 nitrogen and oxygen atoms in total. The molecule has 1 fully saturated rings. The van der Waals surface area contributed by atoms with E-state index >= 15 is 0 Å². The van der Waals surface area contributed by atoms with Crippen molar-refractivity contribution in [1.29, 1.82) is 0 Å². The molecule has 2 aromatic heterocycles. The Balaban J connectivity index is 0.000000806. The smallest absolute Gasteiger partial charge is 0.227 e. The van der Waals surface area contributed by atoms with E-state index in [1.165, 1.54) is 12.0 Å². The summed E-state index contributed by atoms with van der Waals surface area (Å²) in [6.45, 7) is 7.04. The van der Waals surface area contributed by atoms with Gasteiger partial charge in [0, 0.05) is 18.5 Å². The van der Waals surface area contributed by atoms with Gasteiger partial charge in [0.2, 0.25) is 11.9 Å². The van der Waals surface area contributed by atoms with Crippen molar-refractivity contribution in [2.24, 2.45) is 0 Å². The lowest BCUT2D eigenvalue weighted by Crippen LogP contribution is -2.23. The first-order valence-electron chi connectivity index (χ1n) is 10.5. The molecule has 0 aromatic carbocycles. The predicted molar refractivity (Wildman–Crippen MR) is 123 cm³/mol. The Labute approximate surface area is 183 Å². The molecule has 2 aromatic rings. The Kier molecular flexibility index (Phi) is 7.57. The van der Waals surface area contributed by atoms with E-state index in [2.05, 4.69) is 53.2 Å². The summed E-state index contributed by atoms with van der Waals surface area (Å²) >= 11 is 6.35. The molecule has 158 valence electrons. The normalized spacial score (nSPS) is 15.9. The minimum Gasteiger partial charge on any atom is -0.323 e. The molecule has 0 spiro atoms. The maximum absolute atomic E-state index is 12.0. The Morgan fingerprint density at radius 3 is 2.63 bits per heavy atom. The number of aromatic nitrogens is 3. The average molecular weight is 426 g/mol. The van der Waals surface area contributed by atoms with Gasteiger partial charge < -0.3 is 10.2 Å². The summed E-state index contributed by atoms with van der Waals surface area (Å²) in [5.41, 5.74) is 4.45. The lowest BCUT2D eigenvalue weighted by molar-refractivity contribution is -0.117. The van der Waals surface area contributed by atoms with E-state index in [0.29, 0.717) is 17.4 Å². The fourth-order valence-corrected chi connectivity index (χ4v) is 3.58. The zero-order chi connectivity index (χ0) is 21.5. The molecule has 2 aliphatic rings. The van der Waals surface area contributed by atoms with Crippen molar-refractivity contribution in [3.8, 4) is 0 Å². The van der Waals surface area contributed by atoms with Crippen LogP contribution in [0.1, 0.15) is 58.6 Å². The number of carbonyl (C=O) groups is 1. The summed E-state index contributed by atoms with van der Waals surface area (Å²) in [6.07, 6.45) is 14.1. The van der Waals surface area contributed by atoms with Crippen molar-refractivity contribution in [1.82, 2.24) is 15.0 Å². The second-order valence-electron chi connectivity index (χ2n) is 7.39. The molecule has 1 aliphatic heterocycles. The number of nitrogens with one attached hydrogen (secondary N) is 1. The van der Waals surface area contributed by atoms with Crippen LogP contribution in [0.15, 0.2) is 42.4 Å². The van der Waals surface area contributed by atoms with E-state index in [0.717, 1.165) is 48.4 Å². The highest BCUT2D eigenvalue weighted by molar-refractivity contribution is 6.32. The van der Waals surface area contributed by atoms with Gasteiger partial charge in [-0.2, -0.15) is 0 Å². The summed E-state index contributed by atoms with van der Waals surface area (Å²) in [7, 11) is 0.